The molecule has 2 rings (SSSR count). The minimum absolute atomic E-state index is 0.338. The van der Waals surface area contributed by atoms with Crippen LogP contribution >= 0.6 is 0 Å². The summed E-state index contributed by atoms with van der Waals surface area (Å²) in [5.74, 6) is 1.86. The van der Waals surface area contributed by atoms with Crippen molar-refractivity contribution in [2.45, 2.75) is 57.9 Å². The summed E-state index contributed by atoms with van der Waals surface area (Å²) in [4.78, 5) is 2.72. The number of nitrogens with zero attached hydrogens (tertiary/aromatic N) is 1. The summed E-state index contributed by atoms with van der Waals surface area (Å²) < 4.78 is 0. The molecular weight excluding hydrogens is 196 g/mol. The van der Waals surface area contributed by atoms with E-state index in [4.69, 9.17) is 5.73 Å². The van der Waals surface area contributed by atoms with Gasteiger partial charge in [0.15, 0.2) is 0 Å². The Hall–Kier alpha value is -0.0800. The van der Waals surface area contributed by atoms with Gasteiger partial charge in [0.25, 0.3) is 0 Å². The molecule has 2 aliphatic rings. The molecule has 2 nitrogen and oxygen atoms in total. The molecule has 0 aromatic heterocycles. The van der Waals surface area contributed by atoms with Crippen molar-refractivity contribution >= 4 is 0 Å². The second-order valence-corrected chi connectivity index (χ2v) is 5.77. The molecule has 2 N–H and O–H groups in total. The van der Waals surface area contributed by atoms with Crippen LogP contribution in [0.5, 0.6) is 0 Å². The van der Waals surface area contributed by atoms with E-state index in [0.717, 1.165) is 18.4 Å². The number of rotatable bonds is 7. The Labute approximate surface area is 101 Å². The van der Waals surface area contributed by atoms with Gasteiger partial charge in [-0.25, -0.2) is 0 Å². The first kappa shape index (κ1) is 12.4. The predicted octanol–water partition coefficient (Wildman–Crippen LogP) is 2.63. The normalized spacial score (nSPS) is 25.5. The molecular formula is C14H28N2. The van der Waals surface area contributed by atoms with E-state index in [1.165, 1.54) is 51.6 Å². The summed E-state index contributed by atoms with van der Waals surface area (Å²) >= 11 is 0. The molecule has 1 atom stereocenters. The molecule has 0 aromatic rings. The molecule has 1 unspecified atom stereocenters. The van der Waals surface area contributed by atoms with Crippen molar-refractivity contribution in [1.82, 2.24) is 4.90 Å². The van der Waals surface area contributed by atoms with Crippen molar-refractivity contribution < 1.29 is 0 Å². The Morgan fingerprint density at radius 3 is 2.19 bits per heavy atom. The van der Waals surface area contributed by atoms with E-state index in [-0.39, 0.29) is 0 Å². The van der Waals surface area contributed by atoms with Crippen molar-refractivity contribution in [1.29, 1.82) is 0 Å². The minimum Gasteiger partial charge on any atom is -0.329 e. The lowest BCUT2D eigenvalue weighted by atomic mass is 9.81. The van der Waals surface area contributed by atoms with Crippen LogP contribution in [0.2, 0.25) is 0 Å². The van der Waals surface area contributed by atoms with Gasteiger partial charge >= 0.3 is 0 Å². The van der Waals surface area contributed by atoms with Gasteiger partial charge in [-0.15, -0.1) is 0 Å². The summed E-state index contributed by atoms with van der Waals surface area (Å²) in [5.41, 5.74) is 6.47. The Kier molecular flexibility index (Phi) is 3.91. The van der Waals surface area contributed by atoms with Crippen LogP contribution in [0.15, 0.2) is 0 Å². The SMILES string of the molecule is CCN(CC1CCC1)C(CC)(CN)C1CC1. The highest BCUT2D eigenvalue weighted by Crippen LogP contribution is 2.45. The highest BCUT2D eigenvalue weighted by molar-refractivity contribution is 5.03. The van der Waals surface area contributed by atoms with Crippen LogP contribution in [0.4, 0.5) is 0 Å². The first-order valence-electron chi connectivity index (χ1n) is 7.22. The quantitative estimate of drug-likeness (QED) is 0.720. The van der Waals surface area contributed by atoms with E-state index < -0.39 is 0 Å². The van der Waals surface area contributed by atoms with E-state index in [1.807, 2.05) is 0 Å². The highest BCUT2D eigenvalue weighted by atomic mass is 15.2. The monoisotopic (exact) mass is 224 g/mol. The van der Waals surface area contributed by atoms with Gasteiger partial charge in [-0.3, -0.25) is 4.90 Å². The smallest absolute Gasteiger partial charge is 0.0357 e. The maximum absolute atomic E-state index is 6.13. The molecule has 0 aliphatic heterocycles. The van der Waals surface area contributed by atoms with Gasteiger partial charge in [-0.1, -0.05) is 20.3 Å². The summed E-state index contributed by atoms with van der Waals surface area (Å²) in [5, 5.41) is 0. The maximum Gasteiger partial charge on any atom is 0.0357 e. The number of nitrogens with two attached hydrogens (primary N) is 1. The second-order valence-electron chi connectivity index (χ2n) is 5.77. The van der Waals surface area contributed by atoms with Gasteiger partial charge in [-0.2, -0.15) is 0 Å². The molecule has 0 aromatic carbocycles. The third-order valence-electron chi connectivity index (χ3n) is 5.02. The Morgan fingerprint density at radius 1 is 1.19 bits per heavy atom. The summed E-state index contributed by atoms with van der Waals surface area (Å²) in [6, 6.07) is 0. The molecule has 0 saturated heterocycles. The molecule has 0 heterocycles. The minimum atomic E-state index is 0.338. The first-order valence-corrected chi connectivity index (χ1v) is 7.22. The molecule has 16 heavy (non-hydrogen) atoms. The zero-order chi connectivity index (χ0) is 11.6. The lowest BCUT2D eigenvalue weighted by Crippen LogP contribution is -2.57. The van der Waals surface area contributed by atoms with Gasteiger partial charge in [0, 0.05) is 18.6 Å². The third kappa shape index (κ3) is 2.14. The van der Waals surface area contributed by atoms with Crippen molar-refractivity contribution in [3.63, 3.8) is 0 Å². The van der Waals surface area contributed by atoms with E-state index in [0.29, 0.717) is 5.54 Å². The molecule has 0 bridgehead atoms. The van der Waals surface area contributed by atoms with Crippen LogP contribution in [0.3, 0.4) is 0 Å². The molecule has 2 fully saturated rings. The number of likely N-dealkylation sites (N-methyl/N-ethyl adjacent to an activating group) is 1. The first-order chi connectivity index (χ1) is 7.76. The van der Waals surface area contributed by atoms with Crippen LogP contribution in [0.1, 0.15) is 52.4 Å². The van der Waals surface area contributed by atoms with Crippen molar-refractivity contribution in [3.8, 4) is 0 Å². The molecule has 94 valence electrons. The average Bonchev–Trinajstić information content (AvgIpc) is 3.06. The van der Waals surface area contributed by atoms with Crippen molar-refractivity contribution in [3.05, 3.63) is 0 Å². The fourth-order valence-corrected chi connectivity index (χ4v) is 3.44. The van der Waals surface area contributed by atoms with Gasteiger partial charge in [-0.05, 0) is 50.5 Å². The predicted molar refractivity (Wildman–Crippen MR) is 69.4 cm³/mol. The van der Waals surface area contributed by atoms with Crippen LogP contribution in [0, 0.1) is 11.8 Å². The fourth-order valence-electron chi connectivity index (χ4n) is 3.44. The van der Waals surface area contributed by atoms with Crippen LogP contribution < -0.4 is 5.73 Å². The summed E-state index contributed by atoms with van der Waals surface area (Å²) in [6.07, 6.45) is 8.40. The zero-order valence-electron chi connectivity index (χ0n) is 11.0. The Bertz CT molecular complexity index is 215. The highest BCUT2D eigenvalue weighted by Gasteiger charge is 2.46. The molecule has 2 saturated carbocycles. The third-order valence-corrected chi connectivity index (χ3v) is 5.02. The number of hydrogen-bond acceptors (Lipinski definition) is 2. The van der Waals surface area contributed by atoms with Gasteiger partial charge in [0.1, 0.15) is 0 Å². The Morgan fingerprint density at radius 2 is 1.88 bits per heavy atom. The van der Waals surface area contributed by atoms with Crippen molar-refractivity contribution in [2.24, 2.45) is 17.6 Å². The zero-order valence-corrected chi connectivity index (χ0v) is 11.0. The Balaban J connectivity index is 2.01. The molecule has 2 heteroatoms. The molecule has 2 aliphatic carbocycles. The number of hydrogen-bond donors (Lipinski definition) is 1. The topological polar surface area (TPSA) is 29.3 Å². The van der Waals surface area contributed by atoms with Gasteiger partial charge < -0.3 is 5.73 Å². The van der Waals surface area contributed by atoms with Crippen LogP contribution in [-0.2, 0) is 0 Å². The van der Waals surface area contributed by atoms with E-state index >= 15 is 0 Å². The van der Waals surface area contributed by atoms with Crippen LogP contribution in [0.25, 0.3) is 0 Å². The van der Waals surface area contributed by atoms with Crippen molar-refractivity contribution in [2.75, 3.05) is 19.6 Å². The van der Waals surface area contributed by atoms with Crippen LogP contribution in [-0.4, -0.2) is 30.1 Å². The summed E-state index contributed by atoms with van der Waals surface area (Å²) in [6.45, 7) is 7.97. The largest absolute Gasteiger partial charge is 0.329 e. The molecule has 0 radical (unpaired) electrons. The standard InChI is InChI=1S/C14H28N2/c1-3-14(11-15,13-8-9-13)16(4-2)10-12-6-5-7-12/h12-13H,3-11,15H2,1-2H3. The molecule has 0 amide bonds. The lowest BCUT2D eigenvalue weighted by Gasteiger charge is -2.46. The molecule has 0 spiro atoms. The fraction of sp³-hybridized carbons (Fsp3) is 1.00. The summed E-state index contributed by atoms with van der Waals surface area (Å²) in [7, 11) is 0. The average molecular weight is 224 g/mol. The maximum atomic E-state index is 6.13. The lowest BCUT2D eigenvalue weighted by molar-refractivity contribution is 0.0429. The van der Waals surface area contributed by atoms with Gasteiger partial charge in [0.2, 0.25) is 0 Å². The second kappa shape index (κ2) is 5.05. The van der Waals surface area contributed by atoms with E-state index in [9.17, 15) is 0 Å². The van der Waals surface area contributed by atoms with E-state index in [2.05, 4.69) is 18.7 Å². The van der Waals surface area contributed by atoms with E-state index in [1.54, 1.807) is 0 Å². The van der Waals surface area contributed by atoms with Gasteiger partial charge in [0.05, 0.1) is 0 Å².